The Labute approximate surface area is 137 Å². The van der Waals surface area contributed by atoms with Gasteiger partial charge in [-0.3, -0.25) is 4.90 Å². The molecule has 3 rings (SSSR count). The highest BCUT2D eigenvalue weighted by Gasteiger charge is 2.19. The summed E-state index contributed by atoms with van der Waals surface area (Å²) in [6.07, 6.45) is -0.235. The minimum atomic E-state index is -0.235. The van der Waals surface area contributed by atoms with Crippen LogP contribution in [0.15, 0.2) is 28.6 Å². The summed E-state index contributed by atoms with van der Waals surface area (Å²) in [5.74, 6) is 0. The molecule has 0 bridgehead atoms. The maximum atomic E-state index is 9.42. The van der Waals surface area contributed by atoms with Crippen LogP contribution in [-0.4, -0.2) is 58.1 Å². The normalized spacial score (nSPS) is 19.1. The third-order valence-corrected chi connectivity index (χ3v) is 7.20. The lowest BCUT2D eigenvalue weighted by molar-refractivity contribution is 0.105. The molecule has 0 spiro atoms. The van der Waals surface area contributed by atoms with Gasteiger partial charge in [-0.15, -0.1) is 11.3 Å². The Hall–Kier alpha value is -0.310. The Morgan fingerprint density at radius 1 is 1.29 bits per heavy atom. The minimum Gasteiger partial charge on any atom is -0.392 e. The maximum absolute atomic E-state index is 9.42. The molecule has 21 heavy (non-hydrogen) atoms. The first-order chi connectivity index (χ1) is 10.2. The predicted molar refractivity (Wildman–Crippen MR) is 92.8 cm³/mol. The monoisotopic (exact) mass is 341 g/mol. The van der Waals surface area contributed by atoms with Crippen molar-refractivity contribution in [1.29, 1.82) is 0 Å². The van der Waals surface area contributed by atoms with E-state index in [2.05, 4.69) is 32.4 Å². The van der Waals surface area contributed by atoms with Crippen molar-refractivity contribution in [2.75, 3.05) is 32.7 Å². The molecular formula is C14H19N3OS3. The number of para-hydroxylation sites is 1. The van der Waals surface area contributed by atoms with Crippen LogP contribution in [-0.2, 0) is 0 Å². The van der Waals surface area contributed by atoms with E-state index in [0.29, 0.717) is 0 Å². The summed E-state index contributed by atoms with van der Waals surface area (Å²) < 4.78 is 4.75. The lowest BCUT2D eigenvalue weighted by atomic mass is 10.3. The zero-order valence-electron chi connectivity index (χ0n) is 11.9. The lowest BCUT2D eigenvalue weighted by Crippen LogP contribution is -2.45. The molecular weight excluding hydrogens is 322 g/mol. The fourth-order valence-electron chi connectivity index (χ4n) is 2.33. The number of β-amino-alcohol motifs (C(OH)–C–C–N with tert-alkyl or cyclic N) is 1. The molecule has 0 amide bonds. The van der Waals surface area contributed by atoms with Gasteiger partial charge < -0.3 is 5.11 Å². The summed E-state index contributed by atoms with van der Waals surface area (Å²) in [4.78, 5) is 6.97. The average Bonchev–Trinajstić information content (AvgIpc) is 2.89. The molecule has 0 saturated carbocycles. The highest BCUT2D eigenvalue weighted by atomic mass is 33.1. The summed E-state index contributed by atoms with van der Waals surface area (Å²) >= 11 is 1.76. The van der Waals surface area contributed by atoms with Crippen molar-refractivity contribution >= 4 is 43.3 Å². The van der Waals surface area contributed by atoms with Gasteiger partial charge in [0.2, 0.25) is 0 Å². The molecule has 4 nitrogen and oxygen atoms in total. The molecule has 1 aliphatic rings. The number of hydrogen-bond donors (Lipinski definition) is 1. The molecule has 1 aromatic heterocycles. The Morgan fingerprint density at radius 2 is 2.05 bits per heavy atom. The van der Waals surface area contributed by atoms with E-state index >= 15 is 0 Å². The van der Waals surface area contributed by atoms with Crippen LogP contribution in [0.25, 0.3) is 10.2 Å². The second kappa shape index (κ2) is 7.30. The molecule has 2 heterocycles. The van der Waals surface area contributed by atoms with Crippen molar-refractivity contribution in [3.05, 3.63) is 24.3 Å². The van der Waals surface area contributed by atoms with Gasteiger partial charge in [-0.25, -0.2) is 9.29 Å². The standard InChI is InChI=1S/C14H19N3OS3/c1-11(18)10-16-6-8-17(9-7-16)21-20-14-15-12-4-2-3-5-13(12)19-14/h2-5,11,18H,6-10H2,1H3/t11-/m0/s1. The average molecular weight is 342 g/mol. The van der Waals surface area contributed by atoms with E-state index in [1.807, 2.05) is 13.0 Å². The van der Waals surface area contributed by atoms with Gasteiger partial charge >= 0.3 is 0 Å². The molecule has 0 unspecified atom stereocenters. The van der Waals surface area contributed by atoms with Crippen LogP contribution < -0.4 is 0 Å². The number of aliphatic hydroxyl groups is 1. The molecule has 2 aromatic rings. The molecule has 1 fully saturated rings. The largest absolute Gasteiger partial charge is 0.392 e. The van der Waals surface area contributed by atoms with E-state index < -0.39 is 0 Å². The number of thiazole rings is 1. The third kappa shape index (κ3) is 4.34. The van der Waals surface area contributed by atoms with Crippen molar-refractivity contribution in [3.8, 4) is 0 Å². The van der Waals surface area contributed by atoms with Crippen molar-refractivity contribution in [3.63, 3.8) is 0 Å². The molecule has 114 valence electrons. The van der Waals surface area contributed by atoms with Gasteiger partial charge in [0.05, 0.1) is 16.3 Å². The van der Waals surface area contributed by atoms with Gasteiger partial charge in [-0.2, -0.15) is 0 Å². The van der Waals surface area contributed by atoms with Crippen molar-refractivity contribution < 1.29 is 5.11 Å². The molecule has 1 aliphatic heterocycles. The van der Waals surface area contributed by atoms with Gasteiger partial charge in [0.1, 0.15) is 0 Å². The Bertz CT molecular complexity index is 549. The predicted octanol–water partition coefficient (Wildman–Crippen LogP) is 2.95. The fourth-order valence-corrected chi connectivity index (χ4v) is 5.70. The maximum Gasteiger partial charge on any atom is 0.162 e. The summed E-state index contributed by atoms with van der Waals surface area (Å²) in [5, 5.41) is 9.42. The van der Waals surface area contributed by atoms with Crippen molar-refractivity contribution in [1.82, 2.24) is 14.2 Å². The minimum absolute atomic E-state index is 0.235. The molecule has 1 saturated heterocycles. The zero-order valence-corrected chi connectivity index (χ0v) is 14.4. The number of hydrogen-bond acceptors (Lipinski definition) is 7. The van der Waals surface area contributed by atoms with Crippen LogP contribution in [0.5, 0.6) is 0 Å². The summed E-state index contributed by atoms with van der Waals surface area (Å²) in [6, 6.07) is 8.28. The van der Waals surface area contributed by atoms with E-state index in [1.165, 1.54) is 4.70 Å². The second-order valence-electron chi connectivity index (χ2n) is 5.18. The first kappa shape index (κ1) is 15.6. The Kier molecular flexibility index (Phi) is 5.42. The van der Waals surface area contributed by atoms with Crippen LogP contribution in [0, 0.1) is 0 Å². The molecule has 0 aliphatic carbocycles. The topological polar surface area (TPSA) is 39.6 Å². The first-order valence-electron chi connectivity index (χ1n) is 7.06. The van der Waals surface area contributed by atoms with E-state index in [9.17, 15) is 5.11 Å². The zero-order chi connectivity index (χ0) is 14.7. The quantitative estimate of drug-likeness (QED) is 0.666. The van der Waals surface area contributed by atoms with E-state index in [-0.39, 0.29) is 6.10 Å². The highest BCUT2D eigenvalue weighted by molar-refractivity contribution is 8.76. The van der Waals surface area contributed by atoms with Crippen LogP contribution in [0.4, 0.5) is 0 Å². The number of rotatable bonds is 5. The number of benzene rings is 1. The van der Waals surface area contributed by atoms with Gasteiger partial charge in [0.25, 0.3) is 0 Å². The third-order valence-electron chi connectivity index (χ3n) is 3.34. The number of aromatic nitrogens is 1. The van der Waals surface area contributed by atoms with Gasteiger partial charge in [-0.05, 0) is 40.8 Å². The lowest BCUT2D eigenvalue weighted by Gasteiger charge is -2.33. The Balaban J connectivity index is 1.48. The van der Waals surface area contributed by atoms with Crippen molar-refractivity contribution in [2.45, 2.75) is 17.4 Å². The number of fused-ring (bicyclic) bond motifs is 1. The first-order valence-corrected chi connectivity index (χ1v) is 9.98. The molecule has 1 atom stereocenters. The van der Waals surface area contributed by atoms with E-state index in [4.69, 9.17) is 0 Å². The van der Waals surface area contributed by atoms with Crippen molar-refractivity contribution in [2.24, 2.45) is 0 Å². The summed E-state index contributed by atoms with van der Waals surface area (Å²) in [7, 11) is 3.55. The fraction of sp³-hybridized carbons (Fsp3) is 0.500. The van der Waals surface area contributed by atoms with Crippen LogP contribution >= 0.6 is 33.1 Å². The summed E-state index contributed by atoms with van der Waals surface area (Å²) in [6.45, 7) is 6.76. The van der Waals surface area contributed by atoms with Crippen LogP contribution in [0.3, 0.4) is 0 Å². The smallest absolute Gasteiger partial charge is 0.162 e. The molecule has 0 radical (unpaired) electrons. The SMILES string of the molecule is C[C@H](O)CN1CCN(SSc2nc3ccccc3s2)CC1. The van der Waals surface area contributed by atoms with E-state index in [1.54, 1.807) is 33.1 Å². The highest BCUT2D eigenvalue weighted by Crippen LogP contribution is 2.38. The van der Waals surface area contributed by atoms with E-state index in [0.717, 1.165) is 42.6 Å². The van der Waals surface area contributed by atoms with Gasteiger partial charge in [0.15, 0.2) is 4.34 Å². The number of aliphatic hydroxyl groups excluding tert-OH is 1. The number of nitrogens with zero attached hydrogens (tertiary/aromatic N) is 3. The Morgan fingerprint density at radius 3 is 2.76 bits per heavy atom. The van der Waals surface area contributed by atoms with Gasteiger partial charge in [0, 0.05) is 32.7 Å². The molecule has 1 aromatic carbocycles. The number of piperazine rings is 1. The second-order valence-corrected chi connectivity index (χ2v) is 8.64. The molecule has 1 N–H and O–H groups in total. The summed E-state index contributed by atoms with van der Waals surface area (Å²) in [5.41, 5.74) is 1.09. The van der Waals surface area contributed by atoms with Crippen LogP contribution in [0.1, 0.15) is 6.92 Å². The van der Waals surface area contributed by atoms with Crippen LogP contribution in [0.2, 0.25) is 0 Å². The molecule has 7 heteroatoms. The van der Waals surface area contributed by atoms with Gasteiger partial charge in [-0.1, -0.05) is 12.1 Å².